The molecule has 0 radical (unpaired) electrons. The van der Waals surface area contributed by atoms with Crippen molar-refractivity contribution in [2.24, 2.45) is 11.3 Å². The molecule has 1 saturated carbocycles. The summed E-state index contributed by atoms with van der Waals surface area (Å²) < 4.78 is 11.5. The van der Waals surface area contributed by atoms with Crippen LogP contribution in [-0.4, -0.2) is 29.7 Å². The van der Waals surface area contributed by atoms with Crippen LogP contribution in [0.1, 0.15) is 40.5 Å². The number of hydrogen-bond donors (Lipinski definition) is 1. The molecule has 1 saturated heterocycles. The van der Waals surface area contributed by atoms with Crippen molar-refractivity contribution in [1.82, 2.24) is 0 Å². The fourth-order valence-corrected chi connectivity index (χ4v) is 2.97. The largest absolute Gasteiger partial charge is 0.389 e. The second-order valence-corrected chi connectivity index (χ2v) is 5.92. The molecule has 1 heterocycles. The molecule has 0 aromatic carbocycles. The fraction of sp³-hybridized carbons (Fsp3) is 1.00. The van der Waals surface area contributed by atoms with Crippen molar-refractivity contribution >= 4 is 0 Å². The van der Waals surface area contributed by atoms with Gasteiger partial charge in [-0.05, 0) is 18.3 Å². The predicted molar refractivity (Wildman–Crippen MR) is 57.4 cm³/mol. The van der Waals surface area contributed by atoms with Gasteiger partial charge in [-0.3, -0.25) is 0 Å². The van der Waals surface area contributed by atoms with Crippen molar-refractivity contribution in [2.45, 2.75) is 51.9 Å². The summed E-state index contributed by atoms with van der Waals surface area (Å²) in [5, 5.41) is 10.5. The van der Waals surface area contributed by atoms with Crippen molar-refractivity contribution in [3.63, 3.8) is 0 Å². The Morgan fingerprint density at radius 1 is 1.13 bits per heavy atom. The Hall–Kier alpha value is -0.120. The summed E-state index contributed by atoms with van der Waals surface area (Å²) >= 11 is 0. The van der Waals surface area contributed by atoms with Gasteiger partial charge in [0.15, 0.2) is 5.79 Å². The highest BCUT2D eigenvalue weighted by atomic mass is 16.7. The van der Waals surface area contributed by atoms with E-state index in [2.05, 4.69) is 20.8 Å². The lowest BCUT2D eigenvalue weighted by atomic mass is 9.59. The average Bonchev–Trinajstić information content (AvgIpc) is 2.49. The highest BCUT2D eigenvalue weighted by Crippen LogP contribution is 2.53. The molecule has 3 heteroatoms. The molecule has 2 atom stereocenters. The van der Waals surface area contributed by atoms with Crippen LogP contribution in [0.4, 0.5) is 0 Å². The molecular weight excluding hydrogens is 192 g/mol. The maximum absolute atomic E-state index is 10.5. The lowest BCUT2D eigenvalue weighted by molar-refractivity contribution is -0.258. The van der Waals surface area contributed by atoms with E-state index in [0.717, 1.165) is 12.8 Å². The third kappa shape index (κ3) is 1.61. The van der Waals surface area contributed by atoms with Crippen LogP contribution in [0.25, 0.3) is 0 Å². The zero-order valence-corrected chi connectivity index (χ0v) is 10.2. The van der Waals surface area contributed by atoms with Crippen LogP contribution in [-0.2, 0) is 9.47 Å². The fourth-order valence-electron chi connectivity index (χ4n) is 2.97. The van der Waals surface area contributed by atoms with Crippen molar-refractivity contribution in [3.8, 4) is 0 Å². The molecule has 0 amide bonds. The molecule has 0 bridgehead atoms. The minimum Gasteiger partial charge on any atom is -0.389 e. The molecule has 0 aromatic rings. The third-order valence-electron chi connectivity index (χ3n) is 4.47. The zero-order chi connectivity index (χ0) is 11.3. The van der Waals surface area contributed by atoms with Gasteiger partial charge in [-0.15, -0.1) is 0 Å². The van der Waals surface area contributed by atoms with Crippen molar-refractivity contribution in [3.05, 3.63) is 0 Å². The minimum absolute atomic E-state index is 0.172. The summed E-state index contributed by atoms with van der Waals surface area (Å²) in [6.07, 6.45) is 1.57. The summed E-state index contributed by atoms with van der Waals surface area (Å²) in [4.78, 5) is 0. The summed E-state index contributed by atoms with van der Waals surface area (Å²) in [7, 11) is 0. The molecule has 1 aliphatic carbocycles. The second kappa shape index (κ2) is 3.19. The predicted octanol–water partition coefficient (Wildman–Crippen LogP) is 1.94. The standard InChI is InChI=1S/C12H22O3/c1-9-7-12(14-5-6-15-12)8-10(2,3)11(9,4)13/h9,13H,5-8H2,1-4H3. The van der Waals surface area contributed by atoms with E-state index in [1.165, 1.54) is 0 Å². The minimum atomic E-state index is -0.645. The number of hydrogen-bond acceptors (Lipinski definition) is 3. The summed E-state index contributed by atoms with van der Waals surface area (Å²) in [6.45, 7) is 9.56. The van der Waals surface area contributed by atoms with Crippen molar-refractivity contribution in [2.75, 3.05) is 13.2 Å². The first-order valence-corrected chi connectivity index (χ1v) is 5.79. The summed E-state index contributed by atoms with van der Waals surface area (Å²) in [5.74, 6) is -0.232. The van der Waals surface area contributed by atoms with Gasteiger partial charge in [0.05, 0.1) is 18.8 Å². The molecular formula is C12H22O3. The first-order chi connectivity index (χ1) is 6.79. The van der Waals surface area contributed by atoms with Crippen molar-refractivity contribution in [1.29, 1.82) is 0 Å². The molecule has 1 aliphatic heterocycles. The lowest BCUT2D eigenvalue weighted by Crippen LogP contribution is -2.58. The highest BCUT2D eigenvalue weighted by molar-refractivity contribution is 5.03. The van der Waals surface area contributed by atoms with Gasteiger partial charge < -0.3 is 14.6 Å². The SMILES string of the molecule is CC1CC2(CC(C)(C)C1(C)O)OCCO2. The van der Waals surface area contributed by atoms with Gasteiger partial charge >= 0.3 is 0 Å². The highest BCUT2D eigenvalue weighted by Gasteiger charge is 2.57. The van der Waals surface area contributed by atoms with Crippen molar-refractivity contribution < 1.29 is 14.6 Å². The molecule has 2 unspecified atom stereocenters. The maximum atomic E-state index is 10.5. The Labute approximate surface area is 91.8 Å². The Morgan fingerprint density at radius 3 is 2.13 bits per heavy atom. The number of ether oxygens (including phenoxy) is 2. The Kier molecular flexibility index (Phi) is 2.42. The van der Waals surface area contributed by atoms with Crippen LogP contribution in [0, 0.1) is 11.3 Å². The Morgan fingerprint density at radius 2 is 1.67 bits per heavy atom. The quantitative estimate of drug-likeness (QED) is 0.669. The van der Waals surface area contributed by atoms with Gasteiger partial charge in [0, 0.05) is 12.8 Å². The maximum Gasteiger partial charge on any atom is 0.169 e. The summed E-state index contributed by atoms with van der Waals surface area (Å²) in [6, 6.07) is 0. The zero-order valence-electron chi connectivity index (χ0n) is 10.2. The van der Waals surface area contributed by atoms with Crippen LogP contribution in [0.3, 0.4) is 0 Å². The second-order valence-electron chi connectivity index (χ2n) is 5.92. The summed E-state index contributed by atoms with van der Waals surface area (Å²) in [5.41, 5.74) is -0.817. The van der Waals surface area contributed by atoms with Crippen LogP contribution in [0.5, 0.6) is 0 Å². The number of aliphatic hydroxyl groups is 1. The van der Waals surface area contributed by atoms with Gasteiger partial charge in [0.2, 0.25) is 0 Å². The monoisotopic (exact) mass is 214 g/mol. The molecule has 3 nitrogen and oxygen atoms in total. The van der Waals surface area contributed by atoms with Gasteiger partial charge in [-0.1, -0.05) is 20.8 Å². The molecule has 1 spiro atoms. The van der Waals surface area contributed by atoms with E-state index in [1.54, 1.807) is 0 Å². The Balaban J connectivity index is 2.25. The van der Waals surface area contributed by atoms with E-state index in [1.807, 2.05) is 6.92 Å². The molecule has 2 aliphatic rings. The first kappa shape index (κ1) is 11.4. The third-order valence-corrected chi connectivity index (χ3v) is 4.47. The van der Waals surface area contributed by atoms with E-state index >= 15 is 0 Å². The van der Waals surface area contributed by atoms with E-state index in [9.17, 15) is 5.11 Å². The molecule has 1 N–H and O–H groups in total. The topological polar surface area (TPSA) is 38.7 Å². The molecule has 2 fully saturated rings. The molecule has 15 heavy (non-hydrogen) atoms. The molecule has 0 aromatic heterocycles. The first-order valence-electron chi connectivity index (χ1n) is 5.79. The normalized spacial score (nSPS) is 43.4. The van der Waals surface area contributed by atoms with Gasteiger partial charge in [-0.2, -0.15) is 0 Å². The van der Waals surface area contributed by atoms with Crippen LogP contribution in [0.2, 0.25) is 0 Å². The van der Waals surface area contributed by atoms with Crippen LogP contribution in [0.15, 0.2) is 0 Å². The van der Waals surface area contributed by atoms with E-state index in [4.69, 9.17) is 9.47 Å². The smallest absolute Gasteiger partial charge is 0.169 e. The number of rotatable bonds is 0. The molecule has 88 valence electrons. The van der Waals surface area contributed by atoms with Crippen LogP contribution >= 0.6 is 0 Å². The van der Waals surface area contributed by atoms with E-state index in [-0.39, 0.29) is 11.3 Å². The molecule has 2 rings (SSSR count). The van der Waals surface area contributed by atoms with Gasteiger partial charge in [0.1, 0.15) is 0 Å². The average molecular weight is 214 g/mol. The lowest BCUT2D eigenvalue weighted by Gasteiger charge is -2.53. The van der Waals surface area contributed by atoms with Gasteiger partial charge in [-0.25, -0.2) is 0 Å². The van der Waals surface area contributed by atoms with E-state index < -0.39 is 11.4 Å². The van der Waals surface area contributed by atoms with Gasteiger partial charge in [0.25, 0.3) is 0 Å². The Bertz CT molecular complexity index is 252. The van der Waals surface area contributed by atoms with E-state index in [0.29, 0.717) is 13.2 Å². The van der Waals surface area contributed by atoms with Crippen LogP contribution < -0.4 is 0 Å².